The van der Waals surface area contributed by atoms with Gasteiger partial charge in [0.1, 0.15) is 5.76 Å². The van der Waals surface area contributed by atoms with E-state index in [2.05, 4.69) is 47.4 Å². The molecule has 110 valence electrons. The monoisotopic (exact) mass is 282 g/mol. The molecule has 2 aromatic rings. The first kappa shape index (κ1) is 13.1. The average Bonchev–Trinajstić information content (AvgIpc) is 3.27. The van der Waals surface area contributed by atoms with Gasteiger partial charge in [-0.05, 0) is 50.3 Å². The summed E-state index contributed by atoms with van der Waals surface area (Å²) in [6, 6.07) is 11.5. The molecular weight excluding hydrogens is 260 g/mol. The molecule has 0 bridgehead atoms. The highest BCUT2D eigenvalue weighted by Crippen LogP contribution is 2.40. The van der Waals surface area contributed by atoms with Crippen molar-refractivity contribution in [3.05, 3.63) is 52.9 Å². The first-order chi connectivity index (χ1) is 10.3. The third kappa shape index (κ3) is 2.62. The SMILES string of the molecule is CN(Cc1cc(C2CC2)on1)C1CCCc2ccccc21. The molecule has 3 heteroatoms. The molecule has 0 spiro atoms. The molecule has 1 atom stereocenters. The summed E-state index contributed by atoms with van der Waals surface area (Å²) in [4.78, 5) is 2.42. The fraction of sp³-hybridized carbons (Fsp3) is 0.500. The van der Waals surface area contributed by atoms with Gasteiger partial charge in [0.25, 0.3) is 0 Å². The van der Waals surface area contributed by atoms with E-state index in [-0.39, 0.29) is 0 Å². The smallest absolute Gasteiger partial charge is 0.140 e. The molecule has 1 fully saturated rings. The second kappa shape index (κ2) is 5.30. The Bertz CT molecular complexity index is 630. The number of hydrogen-bond acceptors (Lipinski definition) is 3. The van der Waals surface area contributed by atoms with Crippen molar-refractivity contribution >= 4 is 0 Å². The number of fused-ring (bicyclic) bond motifs is 1. The van der Waals surface area contributed by atoms with Gasteiger partial charge < -0.3 is 4.52 Å². The molecule has 1 aromatic heterocycles. The Morgan fingerprint density at radius 2 is 2.10 bits per heavy atom. The van der Waals surface area contributed by atoms with E-state index in [0.717, 1.165) is 18.0 Å². The van der Waals surface area contributed by atoms with Crippen LogP contribution in [0.5, 0.6) is 0 Å². The van der Waals surface area contributed by atoms with Gasteiger partial charge in [-0.15, -0.1) is 0 Å². The molecule has 1 heterocycles. The molecule has 0 aliphatic heterocycles. The molecule has 0 N–H and O–H groups in total. The fourth-order valence-electron chi connectivity index (χ4n) is 3.51. The van der Waals surface area contributed by atoms with Gasteiger partial charge in [-0.3, -0.25) is 4.90 Å². The average molecular weight is 282 g/mol. The molecule has 3 nitrogen and oxygen atoms in total. The predicted octanol–water partition coefficient (Wildman–Crippen LogP) is 4.06. The predicted molar refractivity (Wildman–Crippen MR) is 82.1 cm³/mol. The quantitative estimate of drug-likeness (QED) is 0.846. The van der Waals surface area contributed by atoms with Crippen molar-refractivity contribution in [2.24, 2.45) is 0 Å². The van der Waals surface area contributed by atoms with Crippen LogP contribution in [0, 0.1) is 0 Å². The van der Waals surface area contributed by atoms with Gasteiger partial charge in [0.05, 0.1) is 5.69 Å². The summed E-state index contributed by atoms with van der Waals surface area (Å²) in [5.41, 5.74) is 4.08. The topological polar surface area (TPSA) is 29.3 Å². The maximum absolute atomic E-state index is 5.47. The highest BCUT2D eigenvalue weighted by Gasteiger charge is 2.29. The van der Waals surface area contributed by atoms with E-state index in [9.17, 15) is 0 Å². The normalized spacial score (nSPS) is 21.5. The van der Waals surface area contributed by atoms with Crippen molar-refractivity contribution in [2.75, 3.05) is 7.05 Å². The Balaban J connectivity index is 1.50. The van der Waals surface area contributed by atoms with Gasteiger partial charge in [0, 0.05) is 24.6 Å². The van der Waals surface area contributed by atoms with E-state index in [1.54, 1.807) is 0 Å². The van der Waals surface area contributed by atoms with E-state index in [1.807, 2.05) is 0 Å². The minimum Gasteiger partial charge on any atom is -0.361 e. The van der Waals surface area contributed by atoms with Crippen molar-refractivity contribution in [3.8, 4) is 0 Å². The lowest BCUT2D eigenvalue weighted by atomic mass is 9.87. The van der Waals surface area contributed by atoms with Crippen LogP contribution in [-0.2, 0) is 13.0 Å². The Morgan fingerprint density at radius 3 is 2.95 bits per heavy atom. The highest BCUT2D eigenvalue weighted by atomic mass is 16.5. The number of hydrogen-bond donors (Lipinski definition) is 0. The molecular formula is C18H22N2O. The lowest BCUT2D eigenvalue weighted by Crippen LogP contribution is -2.27. The molecule has 2 aliphatic rings. The molecule has 2 aliphatic carbocycles. The zero-order valence-corrected chi connectivity index (χ0v) is 12.6. The van der Waals surface area contributed by atoms with Crippen LogP contribution in [0.2, 0.25) is 0 Å². The first-order valence-corrected chi connectivity index (χ1v) is 8.05. The molecule has 21 heavy (non-hydrogen) atoms. The Morgan fingerprint density at radius 1 is 1.24 bits per heavy atom. The largest absolute Gasteiger partial charge is 0.361 e. The molecule has 1 unspecified atom stereocenters. The van der Waals surface area contributed by atoms with Crippen LogP contribution in [0.25, 0.3) is 0 Å². The van der Waals surface area contributed by atoms with E-state index in [1.165, 1.54) is 43.2 Å². The van der Waals surface area contributed by atoms with Gasteiger partial charge in [0.2, 0.25) is 0 Å². The molecule has 0 saturated heterocycles. The second-order valence-corrected chi connectivity index (χ2v) is 6.52. The fourth-order valence-corrected chi connectivity index (χ4v) is 3.51. The van der Waals surface area contributed by atoms with Crippen molar-refractivity contribution in [1.29, 1.82) is 0 Å². The molecule has 4 rings (SSSR count). The number of nitrogens with zero attached hydrogens (tertiary/aromatic N) is 2. The molecule has 0 radical (unpaired) electrons. The van der Waals surface area contributed by atoms with E-state index < -0.39 is 0 Å². The summed E-state index contributed by atoms with van der Waals surface area (Å²) < 4.78 is 5.47. The van der Waals surface area contributed by atoms with Gasteiger partial charge >= 0.3 is 0 Å². The highest BCUT2D eigenvalue weighted by molar-refractivity contribution is 5.32. The van der Waals surface area contributed by atoms with Crippen molar-refractivity contribution < 1.29 is 4.52 Å². The minimum absolute atomic E-state index is 0.510. The standard InChI is InChI=1S/C18H22N2O/c1-20(12-15-11-18(21-19-15)14-9-10-14)17-8-4-6-13-5-2-3-7-16(13)17/h2-3,5,7,11,14,17H,4,6,8-10,12H2,1H3. The van der Waals surface area contributed by atoms with Gasteiger partial charge in [-0.25, -0.2) is 0 Å². The summed E-state index contributed by atoms with van der Waals surface area (Å²) in [7, 11) is 2.21. The molecule has 1 saturated carbocycles. The molecule has 1 aromatic carbocycles. The Hall–Kier alpha value is -1.61. The third-order valence-corrected chi connectivity index (χ3v) is 4.84. The summed E-state index contributed by atoms with van der Waals surface area (Å²) >= 11 is 0. The van der Waals surface area contributed by atoms with Crippen LogP contribution in [0.15, 0.2) is 34.9 Å². The van der Waals surface area contributed by atoms with E-state index in [4.69, 9.17) is 4.52 Å². The summed E-state index contributed by atoms with van der Waals surface area (Å²) in [5.74, 6) is 1.73. The number of aryl methyl sites for hydroxylation is 1. The maximum atomic E-state index is 5.47. The lowest BCUT2D eigenvalue weighted by Gasteiger charge is -2.32. The van der Waals surface area contributed by atoms with Crippen LogP contribution in [0.3, 0.4) is 0 Å². The summed E-state index contributed by atoms with van der Waals surface area (Å²) in [6.07, 6.45) is 6.26. The number of aromatic nitrogens is 1. The van der Waals surface area contributed by atoms with Crippen molar-refractivity contribution in [1.82, 2.24) is 10.1 Å². The Labute approximate surface area is 125 Å². The summed E-state index contributed by atoms with van der Waals surface area (Å²) in [5, 5.41) is 4.25. The van der Waals surface area contributed by atoms with E-state index in [0.29, 0.717) is 12.0 Å². The van der Waals surface area contributed by atoms with Crippen molar-refractivity contribution in [2.45, 2.75) is 50.6 Å². The lowest BCUT2D eigenvalue weighted by molar-refractivity contribution is 0.207. The van der Waals surface area contributed by atoms with Crippen LogP contribution in [-0.4, -0.2) is 17.1 Å². The maximum Gasteiger partial charge on any atom is 0.140 e. The van der Waals surface area contributed by atoms with Crippen molar-refractivity contribution in [3.63, 3.8) is 0 Å². The summed E-state index contributed by atoms with van der Waals surface area (Å²) in [6.45, 7) is 0.870. The van der Waals surface area contributed by atoms with Gasteiger partial charge in [-0.2, -0.15) is 0 Å². The van der Waals surface area contributed by atoms with Crippen LogP contribution in [0.1, 0.15) is 60.2 Å². The number of benzene rings is 1. The van der Waals surface area contributed by atoms with Crippen LogP contribution in [0.4, 0.5) is 0 Å². The first-order valence-electron chi connectivity index (χ1n) is 8.05. The van der Waals surface area contributed by atoms with Crippen LogP contribution < -0.4 is 0 Å². The third-order valence-electron chi connectivity index (χ3n) is 4.84. The zero-order valence-electron chi connectivity index (χ0n) is 12.6. The van der Waals surface area contributed by atoms with Gasteiger partial charge in [0.15, 0.2) is 0 Å². The zero-order chi connectivity index (χ0) is 14.2. The molecule has 0 amide bonds. The second-order valence-electron chi connectivity index (χ2n) is 6.52. The van der Waals surface area contributed by atoms with Gasteiger partial charge in [-0.1, -0.05) is 29.4 Å². The number of rotatable bonds is 4. The van der Waals surface area contributed by atoms with Crippen LogP contribution >= 0.6 is 0 Å². The van der Waals surface area contributed by atoms with E-state index >= 15 is 0 Å². The Kier molecular flexibility index (Phi) is 3.30. The minimum atomic E-state index is 0.510.